The van der Waals surface area contributed by atoms with Crippen LogP contribution in [-0.2, 0) is 15.6 Å². The summed E-state index contributed by atoms with van der Waals surface area (Å²) in [5.41, 5.74) is 3.34. The van der Waals surface area contributed by atoms with Crippen LogP contribution in [0.1, 0.15) is 17.8 Å². The van der Waals surface area contributed by atoms with Gasteiger partial charge in [0.25, 0.3) is 0 Å². The molecule has 0 unspecified atom stereocenters. The monoisotopic (exact) mass is 411 g/mol. The van der Waals surface area contributed by atoms with Crippen LogP contribution in [0.25, 0.3) is 16.9 Å². The van der Waals surface area contributed by atoms with E-state index in [9.17, 15) is 28.7 Å². The topological polar surface area (TPSA) is 145 Å². The van der Waals surface area contributed by atoms with E-state index in [2.05, 4.69) is 10.1 Å². The summed E-state index contributed by atoms with van der Waals surface area (Å²) in [6.45, 7) is 1.77. The van der Waals surface area contributed by atoms with E-state index in [0.717, 1.165) is 5.56 Å². The van der Waals surface area contributed by atoms with Crippen molar-refractivity contribution in [2.45, 2.75) is 25.2 Å². The summed E-state index contributed by atoms with van der Waals surface area (Å²) in [6.07, 6.45) is -0.357. The molecule has 0 bridgehead atoms. The van der Waals surface area contributed by atoms with E-state index in [-0.39, 0.29) is 12.8 Å². The molecule has 0 atom stereocenters. The first-order valence-corrected chi connectivity index (χ1v) is 11.4. The molecule has 0 aliphatic heterocycles. The average molecular weight is 411 g/mol. The van der Waals surface area contributed by atoms with Gasteiger partial charge in [-0.25, -0.2) is 9.50 Å². The molecular weight excluding hydrogens is 392 g/mol. The lowest BCUT2D eigenvalue weighted by Gasteiger charge is -2.19. The van der Waals surface area contributed by atoms with Gasteiger partial charge < -0.3 is 19.6 Å². The normalized spacial score (nSPS) is 12.8. The van der Waals surface area contributed by atoms with Gasteiger partial charge in [0.1, 0.15) is 0 Å². The second-order valence-corrected chi connectivity index (χ2v) is 10.3. The van der Waals surface area contributed by atoms with Crippen molar-refractivity contribution >= 4 is 20.8 Å². The fraction of sp³-hybridized carbons (Fsp3) is 0.250. The molecule has 27 heavy (non-hydrogen) atoms. The van der Waals surface area contributed by atoms with Crippen molar-refractivity contribution in [3.05, 3.63) is 53.9 Å². The summed E-state index contributed by atoms with van der Waals surface area (Å²) in [7, 11) is -9.92. The fourth-order valence-electron chi connectivity index (χ4n) is 2.91. The van der Waals surface area contributed by atoms with Crippen molar-refractivity contribution in [2.24, 2.45) is 0 Å². The molecule has 0 saturated heterocycles. The highest BCUT2D eigenvalue weighted by molar-refractivity contribution is 7.70. The molecule has 0 aliphatic rings. The number of aryl methyl sites for hydroxylation is 2. The number of benzene rings is 1. The number of hydrogen-bond donors (Lipinski definition) is 4. The Morgan fingerprint density at radius 1 is 1.04 bits per heavy atom. The number of rotatable bonds is 6. The maximum atomic E-state index is 11.5. The summed E-state index contributed by atoms with van der Waals surface area (Å²) in [4.78, 5) is 41.6. The molecule has 2 aromatic heterocycles. The lowest BCUT2D eigenvalue weighted by Crippen LogP contribution is -2.12. The molecule has 0 radical (unpaired) electrons. The van der Waals surface area contributed by atoms with Crippen molar-refractivity contribution in [1.29, 1.82) is 0 Å². The van der Waals surface area contributed by atoms with Gasteiger partial charge in [-0.3, -0.25) is 9.13 Å². The predicted octanol–water partition coefficient (Wildman–Crippen LogP) is 2.32. The third-order valence-corrected chi connectivity index (χ3v) is 8.01. The zero-order chi connectivity index (χ0) is 19.8. The van der Waals surface area contributed by atoms with Gasteiger partial charge in [-0.15, -0.1) is 0 Å². The number of nitrogens with zero attached hydrogens (tertiary/aromatic N) is 3. The van der Waals surface area contributed by atoms with Crippen LogP contribution >= 0.6 is 15.2 Å². The van der Waals surface area contributed by atoms with Crippen LogP contribution in [0.2, 0.25) is 0 Å². The number of fused-ring (bicyclic) bond motifs is 1. The summed E-state index contributed by atoms with van der Waals surface area (Å²) in [5.74, 6) is 0. The molecule has 4 N–H and O–H groups in total. The molecule has 1 aromatic carbocycles. The Balaban J connectivity index is 1.98. The van der Waals surface area contributed by atoms with Crippen molar-refractivity contribution < 1.29 is 28.7 Å². The molecule has 144 valence electrons. The number of aromatic nitrogens is 3. The Labute approximate surface area is 155 Å². The standard InChI is InChI=1S/C16H19N3O6P2/c1-11-9-13(7-8-16(26(20,21)22)27(23,24)25)19-15(17-11)10-14(18-19)12-5-3-2-4-6-12/h2-6,9-10,16H,7-8H2,1H3,(H2,20,21,22)(H2,23,24,25). The highest BCUT2D eigenvalue weighted by atomic mass is 31.2. The van der Waals surface area contributed by atoms with Crippen molar-refractivity contribution in [2.75, 3.05) is 0 Å². The molecular formula is C16H19N3O6P2. The van der Waals surface area contributed by atoms with Gasteiger partial charge in [-0.2, -0.15) is 5.10 Å². The van der Waals surface area contributed by atoms with E-state index in [4.69, 9.17) is 0 Å². The highest BCUT2D eigenvalue weighted by Crippen LogP contribution is 2.61. The quantitative estimate of drug-likeness (QED) is 0.452. The first-order valence-electron chi connectivity index (χ1n) is 8.08. The minimum atomic E-state index is -4.96. The van der Waals surface area contributed by atoms with E-state index < -0.39 is 20.6 Å². The van der Waals surface area contributed by atoms with Gasteiger partial charge in [0.2, 0.25) is 0 Å². The summed E-state index contributed by atoms with van der Waals surface area (Å²) < 4.78 is 24.5. The molecule has 3 aromatic rings. The fourth-order valence-corrected chi connectivity index (χ4v) is 5.41. The van der Waals surface area contributed by atoms with E-state index in [1.165, 1.54) is 4.52 Å². The van der Waals surface area contributed by atoms with Crippen LogP contribution < -0.4 is 0 Å². The number of hydrogen-bond acceptors (Lipinski definition) is 4. The molecule has 3 rings (SSSR count). The third kappa shape index (κ3) is 4.52. The SMILES string of the molecule is Cc1cc(CCC(P(=O)(O)O)P(=O)(O)O)n2nc(-c3ccccc3)cc2n1. The lowest BCUT2D eigenvalue weighted by molar-refractivity contribution is 0.335. The Hall–Kier alpha value is -1.86. The van der Waals surface area contributed by atoms with Gasteiger partial charge in [0.05, 0.1) is 5.69 Å². The first-order chi connectivity index (χ1) is 12.6. The van der Waals surface area contributed by atoms with Crippen molar-refractivity contribution in [1.82, 2.24) is 14.6 Å². The molecule has 2 heterocycles. The van der Waals surface area contributed by atoms with E-state index in [0.29, 0.717) is 22.7 Å². The van der Waals surface area contributed by atoms with Crippen molar-refractivity contribution in [3.8, 4) is 11.3 Å². The van der Waals surface area contributed by atoms with Gasteiger partial charge in [0.15, 0.2) is 11.0 Å². The van der Waals surface area contributed by atoms with E-state index in [1.807, 2.05) is 30.3 Å². The summed E-state index contributed by atoms with van der Waals surface area (Å²) in [6, 6.07) is 12.9. The highest BCUT2D eigenvalue weighted by Gasteiger charge is 2.42. The Morgan fingerprint density at radius 2 is 1.67 bits per heavy atom. The zero-order valence-electron chi connectivity index (χ0n) is 14.4. The van der Waals surface area contributed by atoms with Crippen LogP contribution in [0, 0.1) is 6.92 Å². The lowest BCUT2D eigenvalue weighted by atomic mass is 10.2. The van der Waals surface area contributed by atoms with E-state index in [1.54, 1.807) is 19.1 Å². The first kappa shape index (κ1) is 19.9. The van der Waals surface area contributed by atoms with Crippen molar-refractivity contribution in [3.63, 3.8) is 0 Å². The maximum absolute atomic E-state index is 11.5. The van der Waals surface area contributed by atoms with Crippen LogP contribution in [0.15, 0.2) is 42.5 Å². The molecule has 0 fully saturated rings. The molecule has 11 heteroatoms. The summed E-state index contributed by atoms with van der Waals surface area (Å²) in [5, 5.41) is 2.45. The average Bonchev–Trinajstić information content (AvgIpc) is 2.97. The Kier molecular flexibility index (Phi) is 5.36. The van der Waals surface area contributed by atoms with Gasteiger partial charge in [-0.05, 0) is 25.8 Å². The molecule has 0 spiro atoms. The Morgan fingerprint density at radius 3 is 2.26 bits per heavy atom. The van der Waals surface area contributed by atoms with Gasteiger partial charge in [0, 0.05) is 23.0 Å². The minimum absolute atomic E-state index is 0.0245. The minimum Gasteiger partial charge on any atom is -0.324 e. The molecule has 0 saturated carbocycles. The third-order valence-electron chi connectivity index (χ3n) is 4.13. The molecule has 0 amide bonds. The molecule has 9 nitrogen and oxygen atoms in total. The van der Waals surface area contributed by atoms with E-state index >= 15 is 0 Å². The maximum Gasteiger partial charge on any atom is 0.340 e. The van der Waals surface area contributed by atoms with Crippen LogP contribution in [0.3, 0.4) is 0 Å². The van der Waals surface area contributed by atoms with Crippen LogP contribution in [0.5, 0.6) is 0 Å². The molecule has 0 aliphatic carbocycles. The zero-order valence-corrected chi connectivity index (χ0v) is 16.2. The van der Waals surface area contributed by atoms with Crippen LogP contribution in [0.4, 0.5) is 0 Å². The van der Waals surface area contributed by atoms with Gasteiger partial charge >= 0.3 is 15.2 Å². The predicted molar refractivity (Wildman–Crippen MR) is 99.4 cm³/mol. The summed E-state index contributed by atoms with van der Waals surface area (Å²) >= 11 is 0. The Bertz CT molecular complexity index is 1030. The van der Waals surface area contributed by atoms with Gasteiger partial charge in [-0.1, -0.05) is 30.3 Å². The second-order valence-electron chi connectivity index (χ2n) is 6.25. The second kappa shape index (κ2) is 7.28. The van der Waals surface area contributed by atoms with Crippen LogP contribution in [-0.4, -0.2) is 39.6 Å². The largest absolute Gasteiger partial charge is 0.340 e. The smallest absolute Gasteiger partial charge is 0.324 e.